The molecule has 0 fully saturated rings. The Kier molecular flexibility index (Phi) is 14.9. The predicted octanol–water partition coefficient (Wildman–Crippen LogP) is -2.92. The van der Waals surface area contributed by atoms with Crippen molar-refractivity contribution in [2.24, 2.45) is 0 Å². The first-order chi connectivity index (χ1) is 4.27. The van der Waals surface area contributed by atoms with E-state index in [1.807, 2.05) is 0 Å². The Hall–Kier alpha value is 1.56. The van der Waals surface area contributed by atoms with Gasteiger partial charge in [0, 0.05) is 0 Å². The Bertz CT molecular complexity index is 59.6. The molecule has 0 N–H and O–H groups in total. The van der Waals surface area contributed by atoms with E-state index in [4.69, 9.17) is 0 Å². The molecule has 0 heterocycles. The van der Waals surface area contributed by atoms with Gasteiger partial charge in [-0.25, -0.2) is 0 Å². The second-order valence-corrected chi connectivity index (χ2v) is 2.57. The average molecular weight is 169 g/mol. The van der Waals surface area contributed by atoms with Crippen LogP contribution < -0.4 is 56.5 Å². The Morgan fingerprint density at radius 2 is 1.70 bits per heavy atom. The van der Waals surface area contributed by atoms with E-state index in [1.165, 1.54) is 0 Å². The third-order valence-corrected chi connectivity index (χ3v) is 1.25. The summed E-state index contributed by atoms with van der Waals surface area (Å²) in [4.78, 5) is 2.14. The summed E-state index contributed by atoms with van der Waals surface area (Å²) in [6.07, 6.45) is 3.09. The number of nitrogens with zero attached hydrogens (tertiary/aromatic N) is 1. The van der Waals surface area contributed by atoms with Crippen molar-refractivity contribution in [3.63, 3.8) is 0 Å². The fourth-order valence-electron chi connectivity index (χ4n) is 0.707. The maximum Gasteiger partial charge on any atom is 1.00 e. The molecule has 0 aliphatic heterocycles. The molecule has 0 aliphatic carbocycles. The quantitative estimate of drug-likeness (QED) is 0.326. The van der Waals surface area contributed by atoms with Crippen LogP contribution in [-0.4, -0.2) is 32.1 Å². The molecule has 3 heteroatoms. The molecule has 0 aliphatic rings. The van der Waals surface area contributed by atoms with Gasteiger partial charge in [0.25, 0.3) is 0 Å². The Balaban J connectivity index is 0. The topological polar surface area (TPSA) is 26.3 Å². The van der Waals surface area contributed by atoms with Crippen molar-refractivity contribution in [2.75, 3.05) is 27.2 Å². The molecule has 0 saturated carbocycles. The monoisotopic (exact) mass is 169 g/mol. The van der Waals surface area contributed by atoms with Crippen LogP contribution in [0.5, 0.6) is 0 Å². The minimum absolute atomic E-state index is 0. The second kappa shape index (κ2) is 10.6. The molecule has 0 spiro atoms. The summed E-state index contributed by atoms with van der Waals surface area (Å²) in [6.45, 7) is 1.20. The van der Waals surface area contributed by atoms with Gasteiger partial charge in [-0.2, -0.15) is 0 Å². The largest absolute Gasteiger partial charge is 1.00 e. The molecule has 0 aromatic heterocycles. The van der Waals surface area contributed by atoms with E-state index >= 15 is 0 Å². The minimum Gasteiger partial charge on any atom is -0.854 e. The molecule has 0 amide bonds. The average Bonchev–Trinajstić information content (AvgIpc) is 1.80. The van der Waals surface area contributed by atoms with Gasteiger partial charge in [0.05, 0.1) is 0 Å². The van der Waals surface area contributed by atoms with Crippen LogP contribution >= 0.6 is 0 Å². The fraction of sp³-hybridized carbons (Fsp3) is 1.00. The van der Waals surface area contributed by atoms with Crippen molar-refractivity contribution >= 4 is 0 Å². The van der Waals surface area contributed by atoms with E-state index in [1.54, 1.807) is 0 Å². The maximum absolute atomic E-state index is 9.96. The van der Waals surface area contributed by atoms with Crippen LogP contribution in [0.25, 0.3) is 0 Å². The van der Waals surface area contributed by atoms with E-state index in [0.717, 1.165) is 25.8 Å². The van der Waals surface area contributed by atoms with E-state index in [-0.39, 0.29) is 58.0 Å². The number of hydrogen-bond acceptors (Lipinski definition) is 2. The summed E-state index contributed by atoms with van der Waals surface area (Å²) in [5.41, 5.74) is 0. The molecule has 56 valence electrons. The summed E-state index contributed by atoms with van der Waals surface area (Å²) < 4.78 is 0. The summed E-state index contributed by atoms with van der Waals surface area (Å²) in [5.74, 6) is 0. The first-order valence-corrected chi connectivity index (χ1v) is 3.50. The smallest absolute Gasteiger partial charge is 0.854 e. The van der Waals surface area contributed by atoms with Crippen molar-refractivity contribution in [3.8, 4) is 0 Å². The van der Waals surface area contributed by atoms with Gasteiger partial charge < -0.3 is 10.0 Å². The molecular formula is C7H16KNO. The van der Waals surface area contributed by atoms with Crippen LogP contribution in [0.1, 0.15) is 19.3 Å². The van der Waals surface area contributed by atoms with E-state index in [9.17, 15) is 5.11 Å². The van der Waals surface area contributed by atoms with Gasteiger partial charge in [0.15, 0.2) is 0 Å². The molecule has 0 radical (unpaired) electrons. The van der Waals surface area contributed by atoms with Gasteiger partial charge in [0.2, 0.25) is 0 Å². The maximum atomic E-state index is 9.96. The van der Waals surface area contributed by atoms with Crippen molar-refractivity contribution in [3.05, 3.63) is 0 Å². The van der Waals surface area contributed by atoms with Crippen LogP contribution in [0, 0.1) is 0 Å². The zero-order valence-electron chi connectivity index (χ0n) is 7.39. The van der Waals surface area contributed by atoms with Crippen molar-refractivity contribution < 1.29 is 56.5 Å². The summed E-state index contributed by atoms with van der Waals surface area (Å²) >= 11 is 0. The first-order valence-electron chi connectivity index (χ1n) is 3.50. The molecule has 2 nitrogen and oxygen atoms in total. The molecule has 0 unspecified atom stereocenters. The van der Waals surface area contributed by atoms with Gasteiger partial charge in [-0.3, -0.25) is 0 Å². The fourth-order valence-corrected chi connectivity index (χ4v) is 0.707. The van der Waals surface area contributed by atoms with Gasteiger partial charge in [-0.1, -0.05) is 12.8 Å². The Labute approximate surface area is 106 Å². The molecule has 0 bridgehead atoms. The molecular weight excluding hydrogens is 153 g/mol. The summed E-state index contributed by atoms with van der Waals surface area (Å²) in [5, 5.41) is 9.96. The Morgan fingerprint density at radius 3 is 2.10 bits per heavy atom. The van der Waals surface area contributed by atoms with Crippen molar-refractivity contribution in [2.45, 2.75) is 19.3 Å². The van der Waals surface area contributed by atoms with Crippen molar-refractivity contribution in [1.29, 1.82) is 0 Å². The van der Waals surface area contributed by atoms with Crippen LogP contribution in [-0.2, 0) is 0 Å². The molecule has 10 heavy (non-hydrogen) atoms. The molecule has 0 atom stereocenters. The minimum atomic E-state index is 0. The van der Waals surface area contributed by atoms with E-state index in [2.05, 4.69) is 19.0 Å². The summed E-state index contributed by atoms with van der Waals surface area (Å²) in [6, 6.07) is 0. The van der Waals surface area contributed by atoms with Crippen LogP contribution in [0.2, 0.25) is 0 Å². The number of unbranched alkanes of at least 4 members (excludes halogenated alkanes) is 2. The predicted molar refractivity (Wildman–Crippen MR) is 37.3 cm³/mol. The normalized spacial score (nSPS) is 9.60. The molecule has 0 aromatic carbocycles. The second-order valence-electron chi connectivity index (χ2n) is 2.57. The SMILES string of the molecule is CN(C)CCCCC[O-].[K+]. The van der Waals surface area contributed by atoms with E-state index in [0.29, 0.717) is 0 Å². The molecule has 0 aromatic rings. The van der Waals surface area contributed by atoms with Crippen LogP contribution in [0.15, 0.2) is 0 Å². The summed E-state index contributed by atoms with van der Waals surface area (Å²) in [7, 11) is 4.11. The number of rotatable bonds is 5. The standard InChI is InChI=1S/C7H16NO.K/c1-8(2)6-4-3-5-7-9;/h3-7H2,1-2H3;/q-1;+1. The van der Waals surface area contributed by atoms with Crippen molar-refractivity contribution in [1.82, 2.24) is 4.90 Å². The first kappa shape index (κ1) is 14.1. The van der Waals surface area contributed by atoms with Crippen LogP contribution in [0.4, 0.5) is 0 Å². The Morgan fingerprint density at radius 1 is 1.10 bits per heavy atom. The van der Waals surface area contributed by atoms with Gasteiger partial charge in [-0.15, -0.1) is 6.61 Å². The zero-order chi connectivity index (χ0) is 7.11. The molecule has 0 rings (SSSR count). The van der Waals surface area contributed by atoms with Gasteiger partial charge >= 0.3 is 51.4 Å². The third-order valence-electron chi connectivity index (χ3n) is 1.25. The number of hydrogen-bond donors (Lipinski definition) is 0. The van der Waals surface area contributed by atoms with E-state index < -0.39 is 0 Å². The van der Waals surface area contributed by atoms with Gasteiger partial charge in [-0.05, 0) is 27.1 Å². The molecule has 0 saturated heterocycles. The van der Waals surface area contributed by atoms with Gasteiger partial charge in [0.1, 0.15) is 0 Å². The van der Waals surface area contributed by atoms with Crippen LogP contribution in [0.3, 0.4) is 0 Å². The third kappa shape index (κ3) is 12.3. The zero-order valence-corrected chi connectivity index (χ0v) is 10.5.